The van der Waals surface area contributed by atoms with Crippen LogP contribution in [-0.2, 0) is 17.9 Å². The predicted molar refractivity (Wildman–Crippen MR) is 172 cm³/mol. The van der Waals surface area contributed by atoms with E-state index in [2.05, 4.69) is 61.7 Å². The van der Waals surface area contributed by atoms with E-state index in [0.29, 0.717) is 15.8 Å². The number of benzene rings is 4. The van der Waals surface area contributed by atoms with E-state index in [4.69, 9.17) is 23.2 Å². The minimum Gasteiger partial charge on any atom is -0.665 e. The van der Waals surface area contributed by atoms with Crippen molar-refractivity contribution in [2.75, 3.05) is 0 Å². The van der Waals surface area contributed by atoms with Crippen molar-refractivity contribution in [3.63, 3.8) is 0 Å². The molecule has 4 aromatic carbocycles. The molecule has 0 aliphatic rings. The summed E-state index contributed by atoms with van der Waals surface area (Å²) in [5.74, 6) is 0.298. The van der Waals surface area contributed by atoms with Gasteiger partial charge in [0.05, 0.1) is 4.47 Å². The predicted octanol–water partition coefficient (Wildman–Crippen LogP) is 11.0. The molecule has 1 heterocycles. The van der Waals surface area contributed by atoms with E-state index >= 15 is 0 Å². The van der Waals surface area contributed by atoms with Crippen LogP contribution in [0.25, 0.3) is 21.9 Å². The van der Waals surface area contributed by atoms with Crippen molar-refractivity contribution in [1.82, 2.24) is 4.98 Å². The molecule has 0 aliphatic carbocycles. The van der Waals surface area contributed by atoms with Gasteiger partial charge in [-0.3, -0.25) is 0 Å². The van der Waals surface area contributed by atoms with E-state index in [1.165, 1.54) is 0 Å². The number of hydrogen-bond acceptors (Lipinski definition) is 2. The van der Waals surface area contributed by atoms with Gasteiger partial charge in [-0.1, -0.05) is 80.6 Å². The third kappa shape index (κ3) is 9.63. The Hall–Kier alpha value is -2.36. The van der Waals surface area contributed by atoms with E-state index < -0.39 is 17.9 Å². The third-order valence-corrected chi connectivity index (χ3v) is 9.41. The Morgan fingerprint density at radius 1 is 0.800 bits per heavy atom. The molecule has 0 atom stereocenters. The second-order valence-electron chi connectivity index (χ2n) is 10.1. The van der Waals surface area contributed by atoms with Gasteiger partial charge in [-0.2, -0.15) is 11.4 Å². The average Bonchev–Trinajstić information content (AvgIpc) is 3.30. The molecule has 0 fully saturated rings. The summed E-state index contributed by atoms with van der Waals surface area (Å²) in [5, 5.41) is 13.4. The number of phenolic OH excluding ortho intramolecular Hbond substituents is 1. The molecule has 0 saturated heterocycles. The Kier molecular flexibility index (Phi) is 12.1. The molecule has 0 amide bonds. The molecular weight excluding hydrogens is 687 g/mol. The first-order valence-corrected chi connectivity index (χ1v) is 16.2. The molecule has 5 rings (SSSR count). The van der Waals surface area contributed by atoms with E-state index in [0.717, 1.165) is 43.4 Å². The van der Waals surface area contributed by atoms with Crippen LogP contribution in [0.5, 0.6) is 5.75 Å². The molecule has 3 nitrogen and oxygen atoms in total. The zero-order chi connectivity index (χ0) is 29.3. The third-order valence-electron chi connectivity index (χ3n) is 5.46. The number of aryl methyl sites for hydroxylation is 2. The average molecular weight is 719 g/mol. The smallest absolute Gasteiger partial charge is 0.138 e. The Morgan fingerprint density at radius 3 is 1.95 bits per heavy atom. The SMILES string of the molecule is CC(C)(C)[CH]=[Mo]=[N]c1c(Cl)cccc1Cl.Cc1ccc(C)[n-]1.Oc1c(Br)ccc2cccc(-c3ccccc3)c12. The number of aromatic hydroxyl groups is 1. The van der Waals surface area contributed by atoms with Crippen LogP contribution in [0.4, 0.5) is 5.69 Å². The van der Waals surface area contributed by atoms with Gasteiger partial charge >= 0.3 is 109 Å². The van der Waals surface area contributed by atoms with E-state index in [1.807, 2.05) is 92.7 Å². The molecule has 1 aromatic heterocycles. The maximum atomic E-state index is 10.3. The molecule has 0 bridgehead atoms. The molecule has 0 radical (unpaired) electrons. The Bertz CT molecular complexity index is 1600. The Morgan fingerprint density at radius 2 is 1.40 bits per heavy atom. The number of aromatic nitrogens is 1. The topological polar surface area (TPSA) is 46.7 Å². The number of rotatable bonds is 2. The minimum atomic E-state index is -0.524. The summed E-state index contributed by atoms with van der Waals surface area (Å²) in [6.07, 6.45) is 0. The van der Waals surface area contributed by atoms with Gasteiger partial charge in [0.15, 0.2) is 0 Å². The summed E-state index contributed by atoms with van der Waals surface area (Å²) in [4.78, 5) is 4.11. The summed E-state index contributed by atoms with van der Waals surface area (Å²) >= 11 is 14.9. The Labute approximate surface area is 263 Å². The van der Waals surface area contributed by atoms with Crippen LogP contribution in [0.3, 0.4) is 0 Å². The van der Waals surface area contributed by atoms with Crippen LogP contribution >= 0.6 is 39.1 Å². The molecule has 40 heavy (non-hydrogen) atoms. The van der Waals surface area contributed by atoms with Gasteiger partial charge in [-0.05, 0) is 38.5 Å². The van der Waals surface area contributed by atoms with Gasteiger partial charge in [0.2, 0.25) is 0 Å². The number of fused-ring (bicyclic) bond motifs is 1. The number of phenols is 1. The molecule has 208 valence electrons. The summed E-state index contributed by atoms with van der Waals surface area (Å²) in [5.41, 5.74) is 5.33. The van der Waals surface area contributed by atoms with Gasteiger partial charge < -0.3 is 10.1 Å². The second-order valence-corrected chi connectivity index (χ2v) is 13.4. The summed E-state index contributed by atoms with van der Waals surface area (Å²) in [6.45, 7) is 10.5. The van der Waals surface area contributed by atoms with Crippen LogP contribution in [-0.4, -0.2) is 9.51 Å². The van der Waals surface area contributed by atoms with Crippen molar-refractivity contribution >= 4 is 60.0 Å². The standard InChI is InChI=1S/C16H11BrO.C6H3Cl2N.C6H8N.C5H10.Mo/c17-14-10-9-12-7-4-8-13(15(12)16(14)18)11-5-2-1-3-6-11;7-4-2-1-3-5(8)6(4)9;1-5-3-4-6(2)7-5;1-5(2,3)4;/h1-10,18H;1-3H;3-4H,1-2H3;1H,2-4H3;/q;;-1;;. The quantitative estimate of drug-likeness (QED) is 0.185. The van der Waals surface area contributed by atoms with Crippen molar-refractivity contribution in [1.29, 1.82) is 0 Å². The molecule has 1 N–H and O–H groups in total. The first-order chi connectivity index (χ1) is 19.0. The van der Waals surface area contributed by atoms with Gasteiger partial charge in [0.1, 0.15) is 5.75 Å². The minimum absolute atomic E-state index is 0.222. The van der Waals surface area contributed by atoms with Crippen LogP contribution in [0, 0.1) is 19.3 Å². The molecular formula is C33H32BrCl2MoN2O-. The summed E-state index contributed by atoms with van der Waals surface area (Å²) in [6, 6.07) is 29.5. The van der Waals surface area contributed by atoms with Crippen LogP contribution in [0.2, 0.25) is 10.0 Å². The van der Waals surface area contributed by atoms with Crippen LogP contribution in [0.15, 0.2) is 99.0 Å². The molecule has 5 aromatic rings. The van der Waals surface area contributed by atoms with Gasteiger partial charge in [-0.25, -0.2) is 0 Å². The molecule has 0 spiro atoms. The van der Waals surface area contributed by atoms with Crippen LogP contribution < -0.4 is 4.98 Å². The van der Waals surface area contributed by atoms with Gasteiger partial charge in [0.25, 0.3) is 0 Å². The van der Waals surface area contributed by atoms with Crippen molar-refractivity contribution in [3.05, 3.63) is 117 Å². The van der Waals surface area contributed by atoms with E-state index in [9.17, 15) is 5.11 Å². The van der Waals surface area contributed by atoms with Crippen molar-refractivity contribution in [2.24, 2.45) is 8.91 Å². The normalized spacial score (nSPS) is 10.6. The first kappa shape index (κ1) is 32.2. The zero-order valence-electron chi connectivity index (χ0n) is 23.1. The first-order valence-electron chi connectivity index (χ1n) is 12.6. The van der Waals surface area contributed by atoms with Crippen LogP contribution in [0.1, 0.15) is 32.2 Å². The van der Waals surface area contributed by atoms with Gasteiger partial charge in [0, 0.05) is 5.39 Å². The Balaban J connectivity index is 0.000000181. The molecule has 7 heteroatoms. The maximum Gasteiger partial charge on any atom is 0.138 e. The van der Waals surface area contributed by atoms with Crippen molar-refractivity contribution < 1.29 is 23.0 Å². The molecule has 0 unspecified atom stereocenters. The van der Waals surface area contributed by atoms with E-state index in [1.54, 1.807) is 0 Å². The fourth-order valence-electron chi connectivity index (χ4n) is 3.60. The fourth-order valence-corrected chi connectivity index (χ4v) is 6.33. The molecule has 0 aliphatic heterocycles. The monoisotopic (exact) mass is 719 g/mol. The number of nitrogens with zero attached hydrogens (tertiary/aromatic N) is 2. The second kappa shape index (κ2) is 15.0. The zero-order valence-corrected chi connectivity index (χ0v) is 28.2. The summed E-state index contributed by atoms with van der Waals surface area (Å²) in [7, 11) is 0. The largest absolute Gasteiger partial charge is 0.665 e. The number of hydrogen-bond donors (Lipinski definition) is 1. The van der Waals surface area contributed by atoms with Crippen molar-refractivity contribution in [2.45, 2.75) is 34.6 Å². The fraction of sp³-hybridized carbons (Fsp3) is 0.182. The molecule has 0 saturated carbocycles. The maximum absolute atomic E-state index is 10.3. The van der Waals surface area contributed by atoms with Crippen molar-refractivity contribution in [3.8, 4) is 16.9 Å². The van der Waals surface area contributed by atoms with E-state index in [-0.39, 0.29) is 5.41 Å². The summed E-state index contributed by atoms with van der Waals surface area (Å²) < 4.78 is 7.48. The number of halogens is 3. The van der Waals surface area contributed by atoms with Gasteiger partial charge in [-0.15, -0.1) is 0 Å².